The number of hydrogen-bond acceptors (Lipinski definition) is 5. The van der Waals surface area contributed by atoms with Gasteiger partial charge >= 0.3 is 0 Å². The number of carbonyl (C=O) groups is 1. The highest BCUT2D eigenvalue weighted by Gasteiger charge is 2.23. The van der Waals surface area contributed by atoms with Gasteiger partial charge in [0.05, 0.1) is 6.26 Å². The zero-order valence-electron chi connectivity index (χ0n) is 18.9. The van der Waals surface area contributed by atoms with Crippen LogP contribution in [-0.2, 0) is 16.6 Å². The summed E-state index contributed by atoms with van der Waals surface area (Å²) in [5.41, 5.74) is 10.5. The lowest BCUT2D eigenvalue weighted by Crippen LogP contribution is -2.47. The van der Waals surface area contributed by atoms with Crippen LogP contribution in [0.25, 0.3) is 11.1 Å². The summed E-state index contributed by atoms with van der Waals surface area (Å²) in [6, 6.07) is 20.2. The quantitative estimate of drug-likeness (QED) is 0.502. The number of carbonyl (C=O) groups excluding carboxylic acids is 1. The van der Waals surface area contributed by atoms with Gasteiger partial charge in [-0.1, -0.05) is 35.9 Å². The number of nitrogen functional groups attached to an aromatic ring is 1. The summed E-state index contributed by atoms with van der Waals surface area (Å²) in [5, 5.41) is 3.52. The lowest BCUT2D eigenvalue weighted by Gasteiger charge is -2.33. The SMILES string of the molecule is CS(=O)(=O)N1CCN(Cc2ccc(NC(=O)c3ccc(-c4cc(N)ccc4Cl)cc3)cc2)CC1. The molecule has 3 aromatic rings. The van der Waals surface area contributed by atoms with Crippen LogP contribution in [0.1, 0.15) is 15.9 Å². The number of halogens is 1. The second-order valence-corrected chi connectivity index (χ2v) is 10.8. The first kappa shape index (κ1) is 24.2. The first-order valence-corrected chi connectivity index (χ1v) is 13.1. The Balaban J connectivity index is 1.34. The highest BCUT2D eigenvalue weighted by molar-refractivity contribution is 7.88. The lowest BCUT2D eigenvalue weighted by molar-refractivity contribution is 0.102. The van der Waals surface area contributed by atoms with Crippen molar-refractivity contribution >= 4 is 38.9 Å². The van der Waals surface area contributed by atoms with E-state index in [9.17, 15) is 13.2 Å². The van der Waals surface area contributed by atoms with Crippen LogP contribution in [0, 0.1) is 0 Å². The fraction of sp³-hybridized carbons (Fsp3) is 0.240. The molecule has 3 aromatic carbocycles. The molecule has 1 saturated heterocycles. The van der Waals surface area contributed by atoms with E-state index in [4.69, 9.17) is 17.3 Å². The molecule has 178 valence electrons. The van der Waals surface area contributed by atoms with Gasteiger partial charge in [0.25, 0.3) is 5.91 Å². The average molecular weight is 499 g/mol. The summed E-state index contributed by atoms with van der Waals surface area (Å²) in [6.45, 7) is 3.15. The minimum atomic E-state index is -3.13. The van der Waals surface area contributed by atoms with E-state index in [-0.39, 0.29) is 5.91 Å². The zero-order valence-corrected chi connectivity index (χ0v) is 20.4. The van der Waals surface area contributed by atoms with Gasteiger partial charge in [-0.3, -0.25) is 9.69 Å². The molecule has 1 aliphatic heterocycles. The minimum Gasteiger partial charge on any atom is -0.399 e. The third-order valence-electron chi connectivity index (χ3n) is 5.87. The van der Waals surface area contributed by atoms with Crippen molar-refractivity contribution in [2.24, 2.45) is 0 Å². The van der Waals surface area contributed by atoms with Gasteiger partial charge in [-0.2, -0.15) is 4.31 Å². The molecule has 0 aliphatic carbocycles. The van der Waals surface area contributed by atoms with Crippen molar-refractivity contribution in [1.29, 1.82) is 0 Å². The molecular formula is C25H27ClN4O3S. The van der Waals surface area contributed by atoms with Crippen molar-refractivity contribution in [1.82, 2.24) is 9.21 Å². The average Bonchev–Trinajstić information content (AvgIpc) is 2.82. The van der Waals surface area contributed by atoms with Crippen molar-refractivity contribution in [2.75, 3.05) is 43.5 Å². The Bertz CT molecular complexity index is 1270. The van der Waals surface area contributed by atoms with E-state index in [2.05, 4.69) is 10.2 Å². The molecule has 0 spiro atoms. The van der Waals surface area contributed by atoms with Crippen molar-refractivity contribution in [3.8, 4) is 11.1 Å². The van der Waals surface area contributed by atoms with Crippen molar-refractivity contribution in [2.45, 2.75) is 6.54 Å². The van der Waals surface area contributed by atoms with Crippen LogP contribution in [0.4, 0.5) is 11.4 Å². The van der Waals surface area contributed by atoms with Crippen LogP contribution in [0.3, 0.4) is 0 Å². The highest BCUT2D eigenvalue weighted by atomic mass is 35.5. The van der Waals surface area contributed by atoms with Gasteiger partial charge < -0.3 is 11.1 Å². The summed E-state index contributed by atoms with van der Waals surface area (Å²) in [7, 11) is -3.13. The molecule has 0 bridgehead atoms. The van der Waals surface area contributed by atoms with Gasteiger partial charge in [-0.15, -0.1) is 0 Å². The van der Waals surface area contributed by atoms with Crippen molar-refractivity contribution in [3.05, 3.63) is 82.9 Å². The fourth-order valence-electron chi connectivity index (χ4n) is 3.94. The molecule has 0 atom stereocenters. The Morgan fingerprint density at radius 1 is 0.971 bits per heavy atom. The van der Waals surface area contributed by atoms with E-state index in [0.29, 0.717) is 48.1 Å². The van der Waals surface area contributed by atoms with Gasteiger partial charge in [0.2, 0.25) is 10.0 Å². The fourth-order valence-corrected chi connectivity index (χ4v) is 4.99. The number of nitrogens with zero attached hydrogens (tertiary/aromatic N) is 2. The predicted molar refractivity (Wildman–Crippen MR) is 137 cm³/mol. The Morgan fingerprint density at radius 2 is 1.62 bits per heavy atom. The number of anilines is 2. The number of amides is 1. The predicted octanol–water partition coefficient (Wildman–Crippen LogP) is 3.92. The second kappa shape index (κ2) is 10.1. The van der Waals surface area contributed by atoms with Crippen LogP contribution >= 0.6 is 11.6 Å². The van der Waals surface area contributed by atoms with E-state index >= 15 is 0 Å². The number of piperazine rings is 1. The van der Waals surface area contributed by atoms with Gasteiger partial charge in [0, 0.05) is 60.2 Å². The Morgan fingerprint density at radius 3 is 2.24 bits per heavy atom. The number of rotatable bonds is 6. The Hall–Kier alpha value is -2.91. The van der Waals surface area contributed by atoms with Crippen LogP contribution in [0.5, 0.6) is 0 Å². The van der Waals surface area contributed by atoms with Gasteiger partial charge in [0.15, 0.2) is 0 Å². The number of sulfonamides is 1. The Labute approximate surface area is 205 Å². The standard InChI is InChI=1S/C25H27ClN4O3S/c1-34(32,33)30-14-12-29(13-15-30)17-18-2-9-22(10-3-18)28-25(31)20-6-4-19(5-7-20)23-16-21(27)8-11-24(23)26/h2-11,16H,12-15,17,27H2,1H3,(H,28,31). The third-order valence-corrected chi connectivity index (χ3v) is 7.50. The van der Waals surface area contributed by atoms with E-state index < -0.39 is 10.0 Å². The molecule has 0 radical (unpaired) electrons. The molecule has 34 heavy (non-hydrogen) atoms. The summed E-state index contributed by atoms with van der Waals surface area (Å²) in [5.74, 6) is -0.199. The normalized spacial score (nSPS) is 15.2. The molecule has 9 heteroatoms. The molecule has 0 aromatic heterocycles. The first-order chi connectivity index (χ1) is 16.2. The molecule has 1 heterocycles. The van der Waals surface area contributed by atoms with Crippen molar-refractivity contribution < 1.29 is 13.2 Å². The molecule has 7 nitrogen and oxygen atoms in total. The summed E-state index contributed by atoms with van der Waals surface area (Å²) in [4.78, 5) is 14.9. The summed E-state index contributed by atoms with van der Waals surface area (Å²) >= 11 is 6.27. The number of nitrogens with one attached hydrogen (secondary N) is 1. The molecule has 0 saturated carbocycles. The minimum absolute atomic E-state index is 0.199. The maximum atomic E-state index is 12.7. The molecule has 3 N–H and O–H groups in total. The maximum absolute atomic E-state index is 12.7. The number of benzene rings is 3. The van der Waals surface area contributed by atoms with Crippen LogP contribution in [0.2, 0.25) is 5.02 Å². The Kier molecular flexibility index (Phi) is 7.23. The topological polar surface area (TPSA) is 95.7 Å². The molecule has 1 amide bonds. The molecule has 1 aliphatic rings. The monoisotopic (exact) mass is 498 g/mol. The van der Waals surface area contributed by atoms with Crippen LogP contribution in [0.15, 0.2) is 66.7 Å². The molecular weight excluding hydrogens is 472 g/mol. The number of nitrogens with two attached hydrogens (primary N) is 1. The zero-order chi connectivity index (χ0) is 24.3. The maximum Gasteiger partial charge on any atom is 0.255 e. The van der Waals surface area contributed by atoms with E-state index in [1.165, 1.54) is 10.6 Å². The van der Waals surface area contributed by atoms with Gasteiger partial charge in [-0.25, -0.2) is 8.42 Å². The van der Waals surface area contributed by atoms with Gasteiger partial charge in [0.1, 0.15) is 0 Å². The van der Waals surface area contributed by atoms with E-state index in [0.717, 1.165) is 23.2 Å². The lowest BCUT2D eigenvalue weighted by atomic mass is 10.0. The van der Waals surface area contributed by atoms with Crippen LogP contribution in [-0.4, -0.2) is 56.0 Å². The van der Waals surface area contributed by atoms with Crippen molar-refractivity contribution in [3.63, 3.8) is 0 Å². The second-order valence-electron chi connectivity index (χ2n) is 8.41. The smallest absolute Gasteiger partial charge is 0.255 e. The van der Waals surface area contributed by atoms with Crippen LogP contribution < -0.4 is 11.1 Å². The molecule has 0 unspecified atom stereocenters. The van der Waals surface area contributed by atoms with E-state index in [1.54, 1.807) is 24.3 Å². The number of hydrogen-bond donors (Lipinski definition) is 2. The largest absolute Gasteiger partial charge is 0.399 e. The third kappa shape index (κ3) is 5.95. The molecule has 4 rings (SSSR count). The van der Waals surface area contributed by atoms with Gasteiger partial charge in [-0.05, 0) is 53.6 Å². The summed E-state index contributed by atoms with van der Waals surface area (Å²) in [6.07, 6.45) is 1.25. The first-order valence-electron chi connectivity index (χ1n) is 10.9. The van der Waals surface area contributed by atoms with E-state index in [1.807, 2.05) is 42.5 Å². The highest BCUT2D eigenvalue weighted by Crippen LogP contribution is 2.30. The summed E-state index contributed by atoms with van der Waals surface area (Å²) < 4.78 is 24.8. The molecule has 1 fully saturated rings.